The molecular formula is C16H23Cl2NO3. The van der Waals surface area contributed by atoms with Crippen LogP contribution in [0.15, 0.2) is 18.2 Å². The highest BCUT2D eigenvalue weighted by Crippen LogP contribution is 2.32. The Morgan fingerprint density at radius 3 is 2.77 bits per heavy atom. The number of halogens is 2. The number of β-amino-alcohol motifs (C(OH)–C–C–N with tert-alkyl or cyclic N) is 1. The van der Waals surface area contributed by atoms with Crippen molar-refractivity contribution >= 4 is 23.2 Å². The lowest BCUT2D eigenvalue weighted by atomic mass is 10.1. The Morgan fingerprint density at radius 2 is 2.09 bits per heavy atom. The van der Waals surface area contributed by atoms with E-state index in [1.165, 1.54) is 0 Å². The number of likely N-dealkylation sites (tertiary alicyclic amines) is 1. The van der Waals surface area contributed by atoms with Crippen molar-refractivity contribution in [2.24, 2.45) is 5.92 Å². The second-order valence-electron chi connectivity index (χ2n) is 5.59. The van der Waals surface area contributed by atoms with Crippen molar-refractivity contribution in [2.75, 3.05) is 39.5 Å². The van der Waals surface area contributed by atoms with Crippen molar-refractivity contribution in [2.45, 2.75) is 19.4 Å². The Kier molecular flexibility index (Phi) is 7.25. The largest absolute Gasteiger partial charge is 0.488 e. The molecule has 1 aliphatic rings. The number of hydrogen-bond acceptors (Lipinski definition) is 4. The van der Waals surface area contributed by atoms with E-state index in [4.69, 9.17) is 32.7 Å². The van der Waals surface area contributed by atoms with Gasteiger partial charge in [0.2, 0.25) is 0 Å². The highest BCUT2D eigenvalue weighted by Gasteiger charge is 2.24. The van der Waals surface area contributed by atoms with Gasteiger partial charge < -0.3 is 19.5 Å². The van der Waals surface area contributed by atoms with Gasteiger partial charge >= 0.3 is 0 Å². The molecule has 1 aromatic carbocycles. The molecule has 4 nitrogen and oxygen atoms in total. The molecule has 1 aromatic rings. The molecule has 1 heterocycles. The first-order valence-electron chi connectivity index (χ1n) is 7.65. The van der Waals surface area contributed by atoms with Gasteiger partial charge in [-0.15, -0.1) is 0 Å². The maximum atomic E-state index is 10.1. The van der Waals surface area contributed by atoms with Gasteiger partial charge in [-0.05, 0) is 37.9 Å². The first kappa shape index (κ1) is 17.8. The molecule has 22 heavy (non-hydrogen) atoms. The average molecular weight is 348 g/mol. The van der Waals surface area contributed by atoms with E-state index in [-0.39, 0.29) is 6.61 Å². The lowest BCUT2D eigenvalue weighted by molar-refractivity contribution is 0.0702. The topological polar surface area (TPSA) is 41.9 Å². The van der Waals surface area contributed by atoms with Crippen molar-refractivity contribution in [3.63, 3.8) is 0 Å². The zero-order chi connectivity index (χ0) is 15.9. The summed E-state index contributed by atoms with van der Waals surface area (Å²) in [7, 11) is 0. The van der Waals surface area contributed by atoms with E-state index in [0.29, 0.717) is 28.3 Å². The molecular weight excluding hydrogens is 325 g/mol. The highest BCUT2D eigenvalue weighted by molar-refractivity contribution is 6.37. The molecule has 2 atom stereocenters. The van der Waals surface area contributed by atoms with Crippen LogP contribution in [-0.4, -0.2) is 55.6 Å². The molecule has 0 saturated carbocycles. The quantitative estimate of drug-likeness (QED) is 0.784. The van der Waals surface area contributed by atoms with Crippen LogP contribution in [0, 0.1) is 5.92 Å². The van der Waals surface area contributed by atoms with Crippen LogP contribution in [0.4, 0.5) is 0 Å². The van der Waals surface area contributed by atoms with Crippen molar-refractivity contribution in [1.29, 1.82) is 0 Å². The first-order valence-corrected chi connectivity index (χ1v) is 8.40. The van der Waals surface area contributed by atoms with Crippen LogP contribution in [0.5, 0.6) is 5.75 Å². The fourth-order valence-electron chi connectivity index (χ4n) is 2.65. The van der Waals surface area contributed by atoms with E-state index in [1.54, 1.807) is 18.2 Å². The number of para-hydroxylation sites is 1. The van der Waals surface area contributed by atoms with Crippen LogP contribution in [-0.2, 0) is 4.74 Å². The number of nitrogens with zero attached hydrogens (tertiary/aromatic N) is 1. The van der Waals surface area contributed by atoms with E-state index >= 15 is 0 Å². The lowest BCUT2D eigenvalue weighted by Crippen LogP contribution is -2.34. The average Bonchev–Trinajstić information content (AvgIpc) is 2.92. The molecule has 0 radical (unpaired) electrons. The van der Waals surface area contributed by atoms with Crippen LogP contribution >= 0.6 is 23.2 Å². The number of aliphatic hydroxyl groups is 1. The summed E-state index contributed by atoms with van der Waals surface area (Å²) in [5.74, 6) is 0.992. The van der Waals surface area contributed by atoms with E-state index in [1.807, 2.05) is 6.92 Å². The predicted molar refractivity (Wildman–Crippen MR) is 89.0 cm³/mol. The van der Waals surface area contributed by atoms with E-state index < -0.39 is 6.10 Å². The molecule has 1 saturated heterocycles. The summed E-state index contributed by atoms with van der Waals surface area (Å²) in [5.41, 5.74) is 0. The number of hydrogen-bond donors (Lipinski definition) is 1. The molecule has 0 aromatic heterocycles. The summed E-state index contributed by atoms with van der Waals surface area (Å²) in [6, 6.07) is 5.19. The molecule has 6 heteroatoms. The van der Waals surface area contributed by atoms with E-state index in [9.17, 15) is 5.11 Å². The summed E-state index contributed by atoms with van der Waals surface area (Å²) >= 11 is 12.1. The van der Waals surface area contributed by atoms with Gasteiger partial charge in [0.1, 0.15) is 12.7 Å². The van der Waals surface area contributed by atoms with Gasteiger partial charge in [-0.2, -0.15) is 0 Å². The zero-order valence-electron chi connectivity index (χ0n) is 12.8. The van der Waals surface area contributed by atoms with Gasteiger partial charge in [0.05, 0.1) is 16.7 Å². The molecule has 0 bridgehead atoms. The van der Waals surface area contributed by atoms with Crippen LogP contribution in [0.1, 0.15) is 13.3 Å². The minimum absolute atomic E-state index is 0.177. The van der Waals surface area contributed by atoms with Crippen molar-refractivity contribution in [3.05, 3.63) is 28.2 Å². The van der Waals surface area contributed by atoms with Crippen LogP contribution in [0.2, 0.25) is 10.0 Å². The summed E-state index contributed by atoms with van der Waals surface area (Å²) in [6.07, 6.45) is 0.544. The standard InChI is InChI=1S/C16H23Cl2NO3/c1-2-21-10-12-6-7-19(8-12)9-13(20)11-22-16-14(17)4-3-5-15(16)18/h3-5,12-13,20H,2,6-11H2,1H3. The Morgan fingerprint density at radius 1 is 1.36 bits per heavy atom. The third-order valence-corrected chi connectivity index (χ3v) is 4.33. The Bertz CT molecular complexity index is 452. The molecule has 2 unspecified atom stereocenters. The monoisotopic (exact) mass is 347 g/mol. The van der Waals surface area contributed by atoms with Gasteiger partial charge in [0.15, 0.2) is 5.75 Å². The smallest absolute Gasteiger partial charge is 0.156 e. The number of rotatable bonds is 8. The minimum atomic E-state index is -0.571. The lowest BCUT2D eigenvalue weighted by Gasteiger charge is -2.21. The molecule has 0 spiro atoms. The minimum Gasteiger partial charge on any atom is -0.488 e. The maximum absolute atomic E-state index is 10.1. The molecule has 1 fully saturated rings. The molecule has 0 aliphatic carbocycles. The Balaban J connectivity index is 1.73. The van der Waals surface area contributed by atoms with Gasteiger partial charge in [-0.1, -0.05) is 29.3 Å². The SMILES string of the molecule is CCOCC1CCN(CC(O)COc2c(Cl)cccc2Cl)C1. The van der Waals surface area contributed by atoms with Gasteiger partial charge in [-0.3, -0.25) is 0 Å². The summed E-state index contributed by atoms with van der Waals surface area (Å²) in [5, 5.41) is 11.0. The Hall–Kier alpha value is -0.520. The molecule has 0 amide bonds. The fourth-order valence-corrected chi connectivity index (χ4v) is 3.16. The molecule has 1 N–H and O–H groups in total. The summed E-state index contributed by atoms with van der Waals surface area (Å²) in [4.78, 5) is 2.24. The number of benzene rings is 1. The fraction of sp³-hybridized carbons (Fsp3) is 0.625. The molecule has 1 aliphatic heterocycles. The Labute approximate surface area is 141 Å². The van der Waals surface area contributed by atoms with Crippen molar-refractivity contribution in [3.8, 4) is 5.75 Å². The zero-order valence-corrected chi connectivity index (χ0v) is 14.3. The van der Waals surface area contributed by atoms with Crippen molar-refractivity contribution < 1.29 is 14.6 Å². The summed E-state index contributed by atoms with van der Waals surface area (Å²) < 4.78 is 11.0. The second-order valence-corrected chi connectivity index (χ2v) is 6.40. The molecule has 2 rings (SSSR count). The third-order valence-electron chi connectivity index (χ3n) is 3.74. The van der Waals surface area contributed by atoms with E-state index in [0.717, 1.165) is 32.7 Å². The number of aliphatic hydroxyl groups excluding tert-OH is 1. The maximum Gasteiger partial charge on any atom is 0.156 e. The van der Waals surface area contributed by atoms with Gasteiger partial charge in [-0.25, -0.2) is 0 Å². The number of ether oxygens (including phenoxy) is 2. The van der Waals surface area contributed by atoms with Crippen molar-refractivity contribution in [1.82, 2.24) is 4.90 Å². The molecule has 124 valence electrons. The third kappa shape index (κ3) is 5.28. The summed E-state index contributed by atoms with van der Waals surface area (Å²) in [6.45, 7) is 6.28. The second kappa shape index (κ2) is 8.94. The van der Waals surface area contributed by atoms with Crippen LogP contribution in [0.25, 0.3) is 0 Å². The normalized spacial score (nSPS) is 20.3. The van der Waals surface area contributed by atoms with Gasteiger partial charge in [0, 0.05) is 19.7 Å². The van der Waals surface area contributed by atoms with Crippen LogP contribution in [0.3, 0.4) is 0 Å². The van der Waals surface area contributed by atoms with Crippen LogP contribution < -0.4 is 4.74 Å². The first-order chi connectivity index (χ1) is 10.6. The van der Waals surface area contributed by atoms with E-state index in [2.05, 4.69) is 4.90 Å². The predicted octanol–water partition coefficient (Wildman–Crippen LogP) is 3.09. The van der Waals surface area contributed by atoms with Gasteiger partial charge in [0.25, 0.3) is 0 Å². The highest BCUT2D eigenvalue weighted by atomic mass is 35.5.